The van der Waals surface area contributed by atoms with Crippen LogP contribution in [0.1, 0.15) is 11.1 Å². The van der Waals surface area contributed by atoms with Gasteiger partial charge in [0.15, 0.2) is 0 Å². The number of piperazine rings is 1. The van der Waals surface area contributed by atoms with Gasteiger partial charge in [0, 0.05) is 31.2 Å². The third-order valence-corrected chi connectivity index (χ3v) is 5.90. The number of halogens is 2. The summed E-state index contributed by atoms with van der Waals surface area (Å²) in [5.41, 5.74) is 2.33. The number of benzene rings is 2. The number of rotatable bonds is 3. The van der Waals surface area contributed by atoms with Gasteiger partial charge in [-0.2, -0.15) is 0 Å². The molecule has 7 heteroatoms. The summed E-state index contributed by atoms with van der Waals surface area (Å²) < 4.78 is 13.5. The summed E-state index contributed by atoms with van der Waals surface area (Å²) in [6.45, 7) is 4.63. The van der Waals surface area contributed by atoms with Gasteiger partial charge in [-0.05, 0) is 49.4 Å². The maximum atomic E-state index is 13.5. The van der Waals surface area contributed by atoms with Gasteiger partial charge in [-0.1, -0.05) is 29.8 Å². The van der Waals surface area contributed by atoms with Crippen molar-refractivity contribution in [2.45, 2.75) is 6.92 Å². The second kappa shape index (κ2) is 7.61. The first-order chi connectivity index (χ1) is 13.9. The summed E-state index contributed by atoms with van der Waals surface area (Å²) in [4.78, 5) is 32.3. The first-order valence-electron chi connectivity index (χ1n) is 9.46. The summed E-state index contributed by atoms with van der Waals surface area (Å²) in [7, 11) is 2.02. The Morgan fingerprint density at radius 3 is 2.24 bits per heavy atom. The topological polar surface area (TPSA) is 43.9 Å². The van der Waals surface area contributed by atoms with Crippen molar-refractivity contribution < 1.29 is 14.0 Å². The van der Waals surface area contributed by atoms with E-state index in [-0.39, 0.29) is 5.91 Å². The summed E-state index contributed by atoms with van der Waals surface area (Å²) in [6.07, 6.45) is 0. The Bertz CT molecular complexity index is 1010. The van der Waals surface area contributed by atoms with E-state index < -0.39 is 11.7 Å². The van der Waals surface area contributed by atoms with E-state index in [2.05, 4.69) is 4.90 Å². The van der Waals surface area contributed by atoms with Gasteiger partial charge in [0.1, 0.15) is 11.5 Å². The largest absolute Gasteiger partial charge is 0.364 e. The average molecular weight is 414 g/mol. The van der Waals surface area contributed by atoms with Gasteiger partial charge < -0.3 is 9.80 Å². The van der Waals surface area contributed by atoms with Gasteiger partial charge in [0.2, 0.25) is 0 Å². The van der Waals surface area contributed by atoms with Gasteiger partial charge in [-0.3, -0.25) is 9.59 Å². The van der Waals surface area contributed by atoms with Gasteiger partial charge in [-0.25, -0.2) is 9.29 Å². The van der Waals surface area contributed by atoms with Gasteiger partial charge in [-0.15, -0.1) is 0 Å². The highest BCUT2D eigenvalue weighted by atomic mass is 35.5. The lowest BCUT2D eigenvalue weighted by Crippen LogP contribution is -2.46. The molecule has 0 aliphatic carbocycles. The van der Waals surface area contributed by atoms with E-state index in [1.807, 2.05) is 11.9 Å². The molecule has 150 valence electrons. The zero-order valence-corrected chi connectivity index (χ0v) is 17.0. The fourth-order valence-electron chi connectivity index (χ4n) is 3.78. The molecule has 2 aliphatic rings. The maximum Gasteiger partial charge on any atom is 0.282 e. The number of carbonyl (C=O) groups is 2. The second-order valence-corrected chi connectivity index (χ2v) is 7.76. The Kier molecular flexibility index (Phi) is 5.15. The van der Waals surface area contributed by atoms with Crippen molar-refractivity contribution in [1.29, 1.82) is 0 Å². The molecule has 2 aromatic carbocycles. The molecule has 0 N–H and O–H groups in total. The molecule has 2 aliphatic heterocycles. The molecule has 2 aromatic rings. The number of nitrogens with zero attached hydrogens (tertiary/aromatic N) is 3. The minimum atomic E-state index is -0.416. The number of hydrogen-bond acceptors (Lipinski definition) is 4. The zero-order valence-electron chi connectivity index (χ0n) is 16.3. The van der Waals surface area contributed by atoms with E-state index in [9.17, 15) is 14.0 Å². The van der Waals surface area contributed by atoms with E-state index in [1.165, 1.54) is 17.0 Å². The average Bonchev–Trinajstić information content (AvgIpc) is 2.96. The Morgan fingerprint density at radius 2 is 1.59 bits per heavy atom. The van der Waals surface area contributed by atoms with Crippen LogP contribution in [-0.4, -0.2) is 54.8 Å². The molecular weight excluding hydrogens is 393 g/mol. The summed E-state index contributed by atoms with van der Waals surface area (Å²) in [5, 5.41) is 0.486. The van der Waals surface area contributed by atoms with Crippen molar-refractivity contribution in [3.8, 4) is 0 Å². The smallest absolute Gasteiger partial charge is 0.282 e. The molecule has 0 aromatic heterocycles. The SMILES string of the molecule is Cc1c(Cl)cccc1N1C(=O)C(c2ccc(F)cc2)=C(N2CCN(C)CC2)C1=O. The fraction of sp³-hybridized carbons (Fsp3) is 0.273. The zero-order chi connectivity index (χ0) is 20.7. The van der Waals surface area contributed by atoms with Crippen LogP contribution >= 0.6 is 11.6 Å². The lowest BCUT2D eigenvalue weighted by atomic mass is 10.0. The number of hydrogen-bond donors (Lipinski definition) is 0. The predicted molar refractivity (Wildman–Crippen MR) is 111 cm³/mol. The Balaban J connectivity index is 1.83. The van der Waals surface area contributed by atoms with Gasteiger partial charge in [0.05, 0.1) is 11.3 Å². The van der Waals surface area contributed by atoms with Crippen LogP contribution in [0.25, 0.3) is 5.57 Å². The van der Waals surface area contributed by atoms with E-state index in [0.29, 0.717) is 46.2 Å². The van der Waals surface area contributed by atoms with Gasteiger partial charge >= 0.3 is 0 Å². The molecule has 1 saturated heterocycles. The molecule has 0 saturated carbocycles. The molecule has 0 radical (unpaired) electrons. The summed E-state index contributed by atoms with van der Waals surface area (Å²) in [6, 6.07) is 10.8. The highest BCUT2D eigenvalue weighted by Crippen LogP contribution is 2.37. The standard InChI is InChI=1S/C22H21ClFN3O2/c1-14-17(23)4-3-5-18(14)27-21(28)19(15-6-8-16(24)9-7-15)20(22(27)29)26-12-10-25(2)11-13-26/h3-9H,10-13H2,1-2H3. The lowest BCUT2D eigenvalue weighted by Gasteiger charge is -2.34. The minimum absolute atomic E-state index is 0.305. The number of imide groups is 1. The van der Waals surface area contributed by atoms with Crippen molar-refractivity contribution in [3.63, 3.8) is 0 Å². The molecule has 0 bridgehead atoms. The van der Waals surface area contributed by atoms with Gasteiger partial charge in [0.25, 0.3) is 11.8 Å². The molecular formula is C22H21ClFN3O2. The fourth-order valence-corrected chi connectivity index (χ4v) is 3.95. The predicted octanol–water partition coefficient (Wildman–Crippen LogP) is 3.32. The number of anilines is 1. The minimum Gasteiger partial charge on any atom is -0.364 e. The van der Waals surface area contributed by atoms with Crippen LogP contribution in [0.15, 0.2) is 48.2 Å². The summed E-state index contributed by atoms with van der Waals surface area (Å²) >= 11 is 6.24. The third-order valence-electron chi connectivity index (χ3n) is 5.49. The van der Waals surface area contributed by atoms with E-state index in [4.69, 9.17) is 11.6 Å². The maximum absolute atomic E-state index is 13.5. The van der Waals surface area contributed by atoms with Crippen molar-refractivity contribution >= 4 is 34.7 Å². The normalized spacial score (nSPS) is 18.2. The molecule has 0 atom stereocenters. The van der Waals surface area contributed by atoms with Crippen LogP contribution in [0.3, 0.4) is 0 Å². The van der Waals surface area contributed by atoms with Crippen molar-refractivity contribution in [2.75, 3.05) is 38.1 Å². The van der Waals surface area contributed by atoms with E-state index in [0.717, 1.165) is 13.1 Å². The highest BCUT2D eigenvalue weighted by Gasteiger charge is 2.43. The van der Waals surface area contributed by atoms with Crippen molar-refractivity contribution in [2.24, 2.45) is 0 Å². The van der Waals surface area contributed by atoms with E-state index >= 15 is 0 Å². The monoisotopic (exact) mass is 413 g/mol. The van der Waals surface area contributed by atoms with Crippen LogP contribution in [0.5, 0.6) is 0 Å². The molecule has 5 nitrogen and oxygen atoms in total. The van der Waals surface area contributed by atoms with Crippen molar-refractivity contribution in [3.05, 3.63) is 70.1 Å². The third kappa shape index (κ3) is 3.43. The Morgan fingerprint density at radius 1 is 0.931 bits per heavy atom. The Labute approximate surface area is 174 Å². The van der Waals surface area contributed by atoms with Crippen molar-refractivity contribution in [1.82, 2.24) is 9.80 Å². The number of likely N-dealkylation sites (N-methyl/N-ethyl adjacent to an activating group) is 1. The summed E-state index contributed by atoms with van der Waals surface area (Å²) in [5.74, 6) is -1.18. The molecule has 29 heavy (non-hydrogen) atoms. The lowest BCUT2D eigenvalue weighted by molar-refractivity contribution is -0.120. The highest BCUT2D eigenvalue weighted by molar-refractivity contribution is 6.46. The first-order valence-corrected chi connectivity index (χ1v) is 9.84. The molecule has 0 unspecified atom stereocenters. The molecule has 1 fully saturated rings. The quantitative estimate of drug-likeness (QED) is 0.724. The Hall–Kier alpha value is -2.70. The molecule has 0 spiro atoms. The number of amides is 2. The number of carbonyl (C=O) groups excluding carboxylic acids is 2. The van der Waals surface area contributed by atoms with Crippen LogP contribution < -0.4 is 4.90 Å². The molecule has 2 amide bonds. The van der Waals surface area contributed by atoms with Crippen LogP contribution in [0, 0.1) is 12.7 Å². The van der Waals surface area contributed by atoms with Crippen LogP contribution in [0.2, 0.25) is 5.02 Å². The first kappa shape index (κ1) is 19.6. The van der Waals surface area contributed by atoms with Crippen LogP contribution in [-0.2, 0) is 9.59 Å². The van der Waals surface area contributed by atoms with Crippen LogP contribution in [0.4, 0.5) is 10.1 Å². The molecule has 2 heterocycles. The second-order valence-electron chi connectivity index (χ2n) is 7.35. The van der Waals surface area contributed by atoms with E-state index in [1.54, 1.807) is 37.3 Å². The molecule has 4 rings (SSSR count).